The molecule has 0 aliphatic carbocycles. The number of H-pyrrole nitrogens is 1. The van der Waals surface area contributed by atoms with E-state index in [0.717, 1.165) is 0 Å². The third-order valence-corrected chi connectivity index (χ3v) is 1.81. The van der Waals surface area contributed by atoms with E-state index in [1.54, 1.807) is 13.8 Å². The second kappa shape index (κ2) is 3.53. The van der Waals surface area contributed by atoms with Crippen molar-refractivity contribution < 1.29 is 9.94 Å². The number of hydrogen-bond acceptors (Lipinski definition) is 5. The molecule has 0 amide bonds. The average Bonchev–Trinajstić information content (AvgIpc) is 2.58. The standard InChI is InChI=1S/C7H12N4O2/c1-7(2,13-3)5(11-12)6-8-4-9-10-6/h4,12H,1-3H3,(H,8,9,10). The predicted octanol–water partition coefficient (Wildman–Crippen LogP) is 0.408. The fraction of sp³-hybridized carbons (Fsp3) is 0.571. The first-order valence-electron chi connectivity index (χ1n) is 3.75. The molecular formula is C7H12N4O2. The van der Waals surface area contributed by atoms with Crippen LogP contribution in [0.25, 0.3) is 0 Å². The van der Waals surface area contributed by atoms with Crippen LogP contribution in [0.2, 0.25) is 0 Å². The molecule has 1 heterocycles. The third-order valence-electron chi connectivity index (χ3n) is 1.81. The Labute approximate surface area is 75.6 Å². The normalized spacial score (nSPS) is 13.3. The van der Waals surface area contributed by atoms with Gasteiger partial charge in [0.2, 0.25) is 5.82 Å². The fourth-order valence-electron chi connectivity index (χ4n) is 0.854. The van der Waals surface area contributed by atoms with E-state index >= 15 is 0 Å². The predicted molar refractivity (Wildman–Crippen MR) is 45.8 cm³/mol. The van der Waals surface area contributed by atoms with Crippen LogP contribution in [0, 0.1) is 0 Å². The Morgan fingerprint density at radius 1 is 1.69 bits per heavy atom. The molecule has 0 bridgehead atoms. The highest BCUT2D eigenvalue weighted by atomic mass is 16.5. The lowest BCUT2D eigenvalue weighted by Crippen LogP contribution is -2.35. The second-order valence-corrected chi connectivity index (χ2v) is 2.99. The maximum absolute atomic E-state index is 8.78. The van der Waals surface area contributed by atoms with Crippen molar-refractivity contribution in [3.8, 4) is 0 Å². The summed E-state index contributed by atoms with van der Waals surface area (Å²) in [6.07, 6.45) is 1.41. The number of aromatic amines is 1. The van der Waals surface area contributed by atoms with Crippen molar-refractivity contribution in [3.63, 3.8) is 0 Å². The Hall–Kier alpha value is -1.43. The van der Waals surface area contributed by atoms with Gasteiger partial charge in [0, 0.05) is 7.11 Å². The first-order chi connectivity index (χ1) is 6.11. The van der Waals surface area contributed by atoms with Crippen LogP contribution < -0.4 is 0 Å². The second-order valence-electron chi connectivity index (χ2n) is 2.99. The van der Waals surface area contributed by atoms with E-state index in [-0.39, 0.29) is 5.71 Å². The number of aromatic nitrogens is 3. The molecule has 13 heavy (non-hydrogen) atoms. The van der Waals surface area contributed by atoms with Crippen LogP contribution in [0.1, 0.15) is 19.7 Å². The molecule has 0 unspecified atom stereocenters. The van der Waals surface area contributed by atoms with Crippen LogP contribution in [0.4, 0.5) is 0 Å². The molecule has 6 nitrogen and oxygen atoms in total. The highest BCUT2D eigenvalue weighted by molar-refractivity contribution is 6.02. The summed E-state index contributed by atoms with van der Waals surface area (Å²) in [7, 11) is 1.53. The first kappa shape index (κ1) is 9.66. The quantitative estimate of drug-likeness (QED) is 0.405. The molecule has 1 rings (SSSR count). The number of methoxy groups -OCH3 is 1. The van der Waals surface area contributed by atoms with E-state index in [1.807, 2.05) is 0 Å². The number of oxime groups is 1. The Kier molecular flexibility index (Phi) is 2.62. The summed E-state index contributed by atoms with van der Waals surface area (Å²) < 4.78 is 5.13. The molecule has 6 heteroatoms. The average molecular weight is 184 g/mol. The molecule has 0 saturated heterocycles. The Bertz CT molecular complexity index is 291. The van der Waals surface area contributed by atoms with E-state index < -0.39 is 5.60 Å². The number of nitrogens with zero attached hydrogens (tertiary/aromatic N) is 3. The highest BCUT2D eigenvalue weighted by Crippen LogP contribution is 2.13. The molecule has 0 aliphatic heterocycles. The molecular weight excluding hydrogens is 172 g/mol. The Morgan fingerprint density at radius 2 is 2.38 bits per heavy atom. The van der Waals surface area contributed by atoms with Crippen LogP contribution in [-0.4, -0.2) is 38.8 Å². The van der Waals surface area contributed by atoms with E-state index in [2.05, 4.69) is 20.3 Å². The van der Waals surface area contributed by atoms with Crippen LogP contribution in [0.15, 0.2) is 11.5 Å². The molecule has 0 atom stereocenters. The largest absolute Gasteiger partial charge is 0.410 e. The van der Waals surface area contributed by atoms with Crippen LogP contribution >= 0.6 is 0 Å². The van der Waals surface area contributed by atoms with Crippen molar-refractivity contribution in [2.45, 2.75) is 19.4 Å². The smallest absolute Gasteiger partial charge is 0.201 e. The maximum Gasteiger partial charge on any atom is 0.201 e. The lowest BCUT2D eigenvalue weighted by Gasteiger charge is -2.21. The summed E-state index contributed by atoms with van der Waals surface area (Å²) in [4.78, 5) is 3.86. The molecule has 0 aliphatic rings. The lowest BCUT2D eigenvalue weighted by atomic mass is 10.0. The minimum Gasteiger partial charge on any atom is -0.410 e. The molecule has 1 aromatic heterocycles. The summed E-state index contributed by atoms with van der Waals surface area (Å²) in [5.41, 5.74) is -0.423. The van der Waals surface area contributed by atoms with Crippen molar-refractivity contribution in [2.75, 3.05) is 7.11 Å². The van der Waals surface area contributed by atoms with Gasteiger partial charge in [0.25, 0.3) is 0 Å². The molecule has 72 valence electrons. The lowest BCUT2D eigenvalue weighted by molar-refractivity contribution is 0.0797. The Morgan fingerprint density at radius 3 is 2.77 bits per heavy atom. The molecule has 0 spiro atoms. The third kappa shape index (κ3) is 1.83. The van der Waals surface area contributed by atoms with Crippen molar-refractivity contribution in [1.82, 2.24) is 15.2 Å². The number of rotatable bonds is 3. The van der Waals surface area contributed by atoms with E-state index in [9.17, 15) is 0 Å². The van der Waals surface area contributed by atoms with Crippen LogP contribution in [-0.2, 0) is 4.74 Å². The summed E-state index contributed by atoms with van der Waals surface area (Å²) in [6, 6.07) is 0. The van der Waals surface area contributed by atoms with Crippen molar-refractivity contribution in [3.05, 3.63) is 12.2 Å². The van der Waals surface area contributed by atoms with Gasteiger partial charge in [-0.3, -0.25) is 5.10 Å². The zero-order valence-corrected chi connectivity index (χ0v) is 7.77. The first-order valence-corrected chi connectivity index (χ1v) is 3.75. The topological polar surface area (TPSA) is 83.4 Å². The zero-order valence-electron chi connectivity index (χ0n) is 7.77. The molecule has 1 aromatic rings. The number of hydrogen-bond donors (Lipinski definition) is 2. The van der Waals surface area contributed by atoms with Crippen molar-refractivity contribution in [1.29, 1.82) is 0 Å². The Balaban J connectivity index is 3.01. The summed E-state index contributed by atoms with van der Waals surface area (Å²) >= 11 is 0. The fourth-order valence-corrected chi connectivity index (χ4v) is 0.854. The van der Waals surface area contributed by atoms with Gasteiger partial charge in [-0.2, -0.15) is 5.10 Å². The number of ether oxygens (including phenoxy) is 1. The minimum absolute atomic E-state index is 0.288. The van der Waals surface area contributed by atoms with Crippen molar-refractivity contribution >= 4 is 5.71 Å². The monoisotopic (exact) mass is 184 g/mol. The summed E-state index contributed by atoms with van der Waals surface area (Å²) in [5.74, 6) is 0.328. The molecule has 0 fully saturated rings. The summed E-state index contributed by atoms with van der Waals surface area (Å²) in [5, 5.41) is 18.2. The number of nitrogens with one attached hydrogen (secondary N) is 1. The van der Waals surface area contributed by atoms with E-state index in [0.29, 0.717) is 5.82 Å². The van der Waals surface area contributed by atoms with E-state index in [1.165, 1.54) is 13.4 Å². The molecule has 0 aromatic carbocycles. The molecule has 0 radical (unpaired) electrons. The van der Waals surface area contributed by atoms with Gasteiger partial charge in [0.1, 0.15) is 11.9 Å². The van der Waals surface area contributed by atoms with E-state index in [4.69, 9.17) is 9.94 Å². The zero-order chi connectivity index (χ0) is 9.90. The maximum atomic E-state index is 8.78. The van der Waals surface area contributed by atoms with Crippen molar-refractivity contribution in [2.24, 2.45) is 5.16 Å². The molecule has 2 N–H and O–H groups in total. The summed E-state index contributed by atoms with van der Waals surface area (Å²) in [6.45, 7) is 3.52. The van der Waals surface area contributed by atoms with Crippen LogP contribution in [0.5, 0.6) is 0 Å². The van der Waals surface area contributed by atoms with Gasteiger partial charge in [-0.15, -0.1) is 0 Å². The van der Waals surface area contributed by atoms with Gasteiger partial charge in [0.05, 0.1) is 0 Å². The van der Waals surface area contributed by atoms with Crippen LogP contribution in [0.3, 0.4) is 0 Å². The minimum atomic E-state index is -0.711. The van der Waals surface area contributed by atoms with Gasteiger partial charge < -0.3 is 9.94 Å². The van der Waals surface area contributed by atoms with Gasteiger partial charge in [-0.1, -0.05) is 5.16 Å². The van der Waals surface area contributed by atoms with Gasteiger partial charge in [-0.05, 0) is 13.8 Å². The SMILES string of the molecule is COC(C)(C)C(=NO)c1nc[nH]n1. The highest BCUT2D eigenvalue weighted by Gasteiger charge is 2.29. The van der Waals surface area contributed by atoms with Gasteiger partial charge >= 0.3 is 0 Å². The van der Waals surface area contributed by atoms with Gasteiger partial charge in [-0.25, -0.2) is 4.98 Å². The molecule has 0 saturated carbocycles. The van der Waals surface area contributed by atoms with Gasteiger partial charge in [0.15, 0.2) is 5.71 Å².